The van der Waals surface area contributed by atoms with E-state index in [-0.39, 0.29) is 23.7 Å². The van der Waals surface area contributed by atoms with Gasteiger partial charge in [0.2, 0.25) is 5.91 Å². The van der Waals surface area contributed by atoms with Crippen molar-refractivity contribution in [3.8, 4) is 0 Å². The summed E-state index contributed by atoms with van der Waals surface area (Å²) in [5.41, 5.74) is 5.56. The van der Waals surface area contributed by atoms with Gasteiger partial charge in [0, 0.05) is 12.6 Å². The molecule has 0 heterocycles. The van der Waals surface area contributed by atoms with E-state index in [0.29, 0.717) is 12.6 Å². The van der Waals surface area contributed by atoms with Crippen molar-refractivity contribution >= 4 is 18.3 Å². The van der Waals surface area contributed by atoms with E-state index < -0.39 is 0 Å². The van der Waals surface area contributed by atoms with Crippen molar-refractivity contribution in [2.75, 3.05) is 6.54 Å². The van der Waals surface area contributed by atoms with E-state index in [4.69, 9.17) is 5.73 Å². The number of carbonyl (C=O) groups excluding carboxylic acids is 1. The largest absolute Gasteiger partial charge is 0.353 e. The minimum absolute atomic E-state index is 0. The molecular formula is C13H25ClN2O. The van der Waals surface area contributed by atoms with Gasteiger partial charge in [-0.3, -0.25) is 4.79 Å². The summed E-state index contributed by atoms with van der Waals surface area (Å²) in [5.74, 6) is 1.08. The average molecular weight is 261 g/mol. The van der Waals surface area contributed by atoms with Crippen molar-refractivity contribution < 1.29 is 4.79 Å². The van der Waals surface area contributed by atoms with Crippen LogP contribution in [0.1, 0.15) is 51.9 Å². The molecule has 0 bridgehead atoms. The van der Waals surface area contributed by atoms with Crippen LogP contribution in [0.5, 0.6) is 0 Å². The Balaban J connectivity index is 0.00000144. The number of hydrogen-bond donors (Lipinski definition) is 2. The summed E-state index contributed by atoms with van der Waals surface area (Å²) in [6.07, 6.45) is 8.11. The SMILES string of the molecule is CC(CC1CC1)NC(=O)C1(CN)CCCC1.Cl. The first-order valence-corrected chi connectivity index (χ1v) is 6.67. The summed E-state index contributed by atoms with van der Waals surface area (Å²) in [5, 5.41) is 3.17. The minimum atomic E-state index is -0.238. The Morgan fingerprint density at radius 3 is 2.47 bits per heavy atom. The van der Waals surface area contributed by atoms with Crippen molar-refractivity contribution in [1.82, 2.24) is 5.32 Å². The summed E-state index contributed by atoms with van der Waals surface area (Å²) in [6.45, 7) is 2.63. The van der Waals surface area contributed by atoms with E-state index in [1.54, 1.807) is 0 Å². The van der Waals surface area contributed by atoms with Gasteiger partial charge in [0.1, 0.15) is 0 Å². The molecule has 100 valence electrons. The van der Waals surface area contributed by atoms with Crippen LogP contribution in [0.15, 0.2) is 0 Å². The molecule has 1 amide bonds. The van der Waals surface area contributed by atoms with Gasteiger partial charge in [0.05, 0.1) is 5.41 Å². The van der Waals surface area contributed by atoms with Crippen LogP contribution >= 0.6 is 12.4 Å². The van der Waals surface area contributed by atoms with Crippen LogP contribution in [0, 0.1) is 11.3 Å². The monoisotopic (exact) mass is 260 g/mol. The predicted octanol–water partition coefficient (Wildman–Crippen LogP) is 2.23. The summed E-state index contributed by atoms with van der Waals surface area (Å²) in [6, 6.07) is 0.323. The van der Waals surface area contributed by atoms with Gasteiger partial charge in [-0.05, 0) is 32.1 Å². The maximum absolute atomic E-state index is 12.2. The molecule has 2 saturated carbocycles. The van der Waals surface area contributed by atoms with Gasteiger partial charge >= 0.3 is 0 Å². The first-order valence-electron chi connectivity index (χ1n) is 6.67. The molecule has 3 nitrogen and oxygen atoms in total. The molecule has 3 N–H and O–H groups in total. The van der Waals surface area contributed by atoms with Crippen LogP contribution < -0.4 is 11.1 Å². The lowest BCUT2D eigenvalue weighted by atomic mass is 9.85. The van der Waals surface area contributed by atoms with Gasteiger partial charge < -0.3 is 11.1 Å². The number of carbonyl (C=O) groups is 1. The number of halogens is 1. The fraction of sp³-hybridized carbons (Fsp3) is 0.923. The first-order chi connectivity index (χ1) is 7.66. The van der Waals surface area contributed by atoms with Crippen molar-refractivity contribution in [1.29, 1.82) is 0 Å². The highest BCUT2D eigenvalue weighted by Crippen LogP contribution is 2.38. The molecule has 0 aromatic heterocycles. The third kappa shape index (κ3) is 3.59. The molecular weight excluding hydrogens is 236 g/mol. The molecule has 0 aromatic carbocycles. The molecule has 2 aliphatic rings. The second kappa shape index (κ2) is 6.05. The normalized spacial score (nSPS) is 23.9. The third-order valence-electron chi connectivity index (χ3n) is 4.19. The highest BCUT2D eigenvalue weighted by molar-refractivity contribution is 5.85. The van der Waals surface area contributed by atoms with Gasteiger partial charge in [0.25, 0.3) is 0 Å². The van der Waals surface area contributed by atoms with Crippen LogP contribution in [0.3, 0.4) is 0 Å². The van der Waals surface area contributed by atoms with Crippen molar-refractivity contribution in [2.24, 2.45) is 17.1 Å². The average Bonchev–Trinajstić information content (AvgIpc) is 2.93. The van der Waals surface area contributed by atoms with Crippen molar-refractivity contribution in [3.05, 3.63) is 0 Å². The van der Waals surface area contributed by atoms with E-state index in [2.05, 4.69) is 12.2 Å². The minimum Gasteiger partial charge on any atom is -0.353 e. The molecule has 0 aromatic rings. The van der Waals surface area contributed by atoms with Gasteiger partial charge in [0.15, 0.2) is 0 Å². The zero-order chi connectivity index (χ0) is 11.6. The second-order valence-electron chi connectivity index (χ2n) is 5.75. The van der Waals surface area contributed by atoms with Gasteiger partial charge in [-0.2, -0.15) is 0 Å². The molecule has 0 spiro atoms. The van der Waals surface area contributed by atoms with Crippen LogP contribution in [-0.4, -0.2) is 18.5 Å². The van der Waals surface area contributed by atoms with E-state index in [1.165, 1.54) is 12.8 Å². The zero-order valence-corrected chi connectivity index (χ0v) is 11.5. The molecule has 1 unspecified atom stereocenters. The number of nitrogens with two attached hydrogens (primary N) is 1. The number of nitrogens with one attached hydrogen (secondary N) is 1. The van der Waals surface area contributed by atoms with Gasteiger partial charge in [-0.15, -0.1) is 12.4 Å². The molecule has 0 aliphatic heterocycles. The van der Waals surface area contributed by atoms with E-state index in [9.17, 15) is 4.79 Å². The van der Waals surface area contributed by atoms with Crippen LogP contribution in [0.25, 0.3) is 0 Å². The highest BCUT2D eigenvalue weighted by Gasteiger charge is 2.40. The van der Waals surface area contributed by atoms with Gasteiger partial charge in [-0.1, -0.05) is 25.7 Å². The number of hydrogen-bond acceptors (Lipinski definition) is 2. The smallest absolute Gasteiger partial charge is 0.227 e. The van der Waals surface area contributed by atoms with Crippen molar-refractivity contribution in [2.45, 2.75) is 57.9 Å². The zero-order valence-electron chi connectivity index (χ0n) is 10.7. The standard InChI is InChI=1S/C13H24N2O.ClH/c1-10(8-11-4-5-11)15-12(16)13(9-14)6-2-3-7-13;/h10-11H,2-9,14H2,1H3,(H,15,16);1H. The molecule has 4 heteroatoms. The van der Waals surface area contributed by atoms with Crippen LogP contribution in [0.4, 0.5) is 0 Å². The predicted molar refractivity (Wildman–Crippen MR) is 72.1 cm³/mol. The Morgan fingerprint density at radius 2 is 2.00 bits per heavy atom. The molecule has 1 atom stereocenters. The summed E-state index contributed by atoms with van der Waals surface area (Å²) >= 11 is 0. The van der Waals surface area contributed by atoms with E-state index in [1.807, 2.05) is 0 Å². The Kier molecular flexibility index (Phi) is 5.26. The van der Waals surface area contributed by atoms with E-state index in [0.717, 1.165) is 38.0 Å². The fourth-order valence-electron chi connectivity index (χ4n) is 2.87. The Labute approximate surface area is 110 Å². The Bertz CT molecular complexity index is 260. The lowest BCUT2D eigenvalue weighted by Gasteiger charge is -2.28. The highest BCUT2D eigenvalue weighted by atomic mass is 35.5. The molecule has 2 rings (SSSR count). The van der Waals surface area contributed by atoms with E-state index >= 15 is 0 Å². The quantitative estimate of drug-likeness (QED) is 0.797. The summed E-state index contributed by atoms with van der Waals surface area (Å²) < 4.78 is 0. The maximum atomic E-state index is 12.2. The number of amides is 1. The molecule has 2 aliphatic carbocycles. The topological polar surface area (TPSA) is 55.1 Å². The molecule has 2 fully saturated rings. The third-order valence-corrected chi connectivity index (χ3v) is 4.19. The lowest BCUT2D eigenvalue weighted by Crippen LogP contribution is -2.47. The fourth-order valence-corrected chi connectivity index (χ4v) is 2.87. The van der Waals surface area contributed by atoms with Crippen molar-refractivity contribution in [3.63, 3.8) is 0 Å². The Morgan fingerprint density at radius 1 is 1.41 bits per heavy atom. The molecule has 0 radical (unpaired) electrons. The van der Waals surface area contributed by atoms with Gasteiger partial charge in [-0.25, -0.2) is 0 Å². The molecule has 17 heavy (non-hydrogen) atoms. The maximum Gasteiger partial charge on any atom is 0.227 e. The molecule has 0 saturated heterocycles. The van der Waals surface area contributed by atoms with Crippen LogP contribution in [0.2, 0.25) is 0 Å². The number of rotatable bonds is 5. The second-order valence-corrected chi connectivity index (χ2v) is 5.75. The lowest BCUT2D eigenvalue weighted by molar-refractivity contribution is -0.131. The van der Waals surface area contributed by atoms with Crippen LogP contribution in [-0.2, 0) is 4.79 Å². The summed E-state index contributed by atoms with van der Waals surface area (Å²) in [7, 11) is 0. The summed E-state index contributed by atoms with van der Waals surface area (Å²) in [4.78, 5) is 12.2. The first kappa shape index (κ1) is 14.8. The Hall–Kier alpha value is -0.280.